The molecule has 4 rings (SSSR count). The van der Waals surface area contributed by atoms with Gasteiger partial charge in [-0.15, -0.1) is 0 Å². The monoisotopic (exact) mass is 421 g/mol. The number of fused-ring (bicyclic) bond motifs is 1. The predicted molar refractivity (Wildman–Crippen MR) is 101 cm³/mol. The zero-order chi connectivity index (χ0) is 20.8. The fourth-order valence-electron chi connectivity index (χ4n) is 3.41. The minimum absolute atomic E-state index is 0.00489. The van der Waals surface area contributed by atoms with Crippen LogP contribution >= 0.6 is 11.6 Å². The Morgan fingerprint density at radius 1 is 1.38 bits per heavy atom. The molecule has 2 aliphatic rings. The van der Waals surface area contributed by atoms with Crippen LogP contribution in [0.15, 0.2) is 24.5 Å². The number of aliphatic hydroxyl groups excluding tert-OH is 2. The summed E-state index contributed by atoms with van der Waals surface area (Å²) < 4.78 is 20.9. The van der Waals surface area contributed by atoms with Gasteiger partial charge in [0.2, 0.25) is 0 Å². The van der Waals surface area contributed by atoms with Crippen molar-refractivity contribution in [2.75, 3.05) is 13.2 Å². The summed E-state index contributed by atoms with van der Waals surface area (Å²) in [5.41, 5.74) is 0.257. The predicted octanol–water partition coefficient (Wildman–Crippen LogP) is 2.77. The van der Waals surface area contributed by atoms with Crippen LogP contribution in [0.5, 0.6) is 0 Å². The minimum Gasteiger partial charge on any atom is -0.396 e. The number of carbonyl (C=O) groups is 1. The second-order valence-electron chi connectivity index (χ2n) is 7.71. The Balaban J connectivity index is 1.68. The zero-order valence-electron chi connectivity index (χ0n) is 15.8. The van der Waals surface area contributed by atoms with E-state index in [-0.39, 0.29) is 36.3 Å². The summed E-state index contributed by atoms with van der Waals surface area (Å²) in [5.74, 6) is -0.715. The number of hydrogen-bond acceptors (Lipinski definition) is 6. The van der Waals surface area contributed by atoms with E-state index in [1.165, 1.54) is 36.4 Å². The van der Waals surface area contributed by atoms with Crippen LogP contribution in [0.1, 0.15) is 59.4 Å². The molecule has 0 bridgehead atoms. The topological polar surface area (TPSA) is 95.8 Å². The first kappa shape index (κ1) is 20.2. The molecule has 1 saturated carbocycles. The number of aliphatic hydroxyl groups is 2. The summed E-state index contributed by atoms with van der Waals surface area (Å²) in [6.45, 7) is 1.69. The molecule has 1 aliphatic carbocycles. The van der Waals surface area contributed by atoms with Crippen LogP contribution in [0.4, 0.5) is 4.39 Å². The van der Waals surface area contributed by atoms with E-state index in [0.717, 1.165) is 12.8 Å². The van der Waals surface area contributed by atoms with Gasteiger partial charge in [0.25, 0.3) is 5.91 Å². The first-order valence-corrected chi connectivity index (χ1v) is 9.73. The van der Waals surface area contributed by atoms with Gasteiger partial charge in [-0.1, -0.05) is 11.6 Å². The van der Waals surface area contributed by atoms with Gasteiger partial charge in [0.15, 0.2) is 6.23 Å². The maximum absolute atomic E-state index is 14.9. The van der Waals surface area contributed by atoms with Crippen LogP contribution in [0, 0.1) is 11.2 Å². The van der Waals surface area contributed by atoms with Crippen LogP contribution in [0.25, 0.3) is 0 Å². The second kappa shape index (κ2) is 7.60. The summed E-state index contributed by atoms with van der Waals surface area (Å²) in [6.07, 6.45) is 2.60. The molecule has 2 unspecified atom stereocenters. The Labute approximate surface area is 172 Å². The molecule has 2 atom stereocenters. The molecular weight excluding hydrogens is 401 g/mol. The van der Waals surface area contributed by atoms with Gasteiger partial charge in [0.05, 0.1) is 36.4 Å². The van der Waals surface area contributed by atoms with Gasteiger partial charge in [-0.05, 0) is 37.5 Å². The largest absolute Gasteiger partial charge is 0.396 e. The number of aromatic nitrogens is 2. The van der Waals surface area contributed by atoms with Crippen molar-refractivity contribution < 1.29 is 24.1 Å². The zero-order valence-corrected chi connectivity index (χ0v) is 16.6. The maximum atomic E-state index is 14.9. The number of benzene rings is 1. The fourth-order valence-corrected chi connectivity index (χ4v) is 3.50. The lowest BCUT2D eigenvalue weighted by molar-refractivity contribution is -0.0679. The third-order valence-electron chi connectivity index (χ3n) is 5.48. The SMILES string of the molecule is CC(O)c1cc(F)c2c(c1)C(=O)N(Cc1ncc(Cl)cn1)C2OCC1(CO)CC1. The van der Waals surface area contributed by atoms with E-state index in [2.05, 4.69) is 9.97 Å². The maximum Gasteiger partial charge on any atom is 0.257 e. The normalized spacial score (nSPS) is 20.7. The number of hydrogen-bond donors (Lipinski definition) is 2. The molecule has 2 heterocycles. The van der Waals surface area contributed by atoms with E-state index in [9.17, 15) is 19.4 Å². The van der Waals surface area contributed by atoms with Gasteiger partial charge >= 0.3 is 0 Å². The number of amides is 1. The van der Waals surface area contributed by atoms with Crippen molar-refractivity contribution in [1.82, 2.24) is 14.9 Å². The lowest BCUT2D eigenvalue weighted by Crippen LogP contribution is -2.31. The van der Waals surface area contributed by atoms with Crippen molar-refractivity contribution in [2.24, 2.45) is 5.41 Å². The van der Waals surface area contributed by atoms with Crippen LogP contribution in [-0.2, 0) is 11.3 Å². The Bertz CT molecular complexity index is 934. The lowest BCUT2D eigenvalue weighted by atomic mass is 10.0. The van der Waals surface area contributed by atoms with Gasteiger partial charge < -0.3 is 19.8 Å². The van der Waals surface area contributed by atoms with Gasteiger partial charge in [-0.2, -0.15) is 0 Å². The van der Waals surface area contributed by atoms with Gasteiger partial charge in [0, 0.05) is 23.4 Å². The van der Waals surface area contributed by atoms with Crippen molar-refractivity contribution in [2.45, 2.75) is 38.6 Å². The van der Waals surface area contributed by atoms with Crippen molar-refractivity contribution in [3.8, 4) is 0 Å². The van der Waals surface area contributed by atoms with Crippen molar-refractivity contribution >= 4 is 17.5 Å². The average Bonchev–Trinajstić information content (AvgIpc) is 3.43. The molecule has 1 amide bonds. The van der Waals surface area contributed by atoms with E-state index in [4.69, 9.17) is 16.3 Å². The van der Waals surface area contributed by atoms with E-state index >= 15 is 0 Å². The molecular formula is C20H21ClFN3O4. The molecule has 9 heteroatoms. The van der Waals surface area contributed by atoms with Gasteiger partial charge in [-0.25, -0.2) is 14.4 Å². The molecule has 0 spiro atoms. The number of ether oxygens (including phenoxy) is 1. The van der Waals surface area contributed by atoms with E-state index in [1.54, 1.807) is 0 Å². The second-order valence-corrected chi connectivity index (χ2v) is 8.15. The molecule has 0 radical (unpaired) electrons. The highest BCUT2D eigenvalue weighted by atomic mass is 35.5. The number of halogens is 2. The summed E-state index contributed by atoms with van der Waals surface area (Å²) in [6, 6.07) is 2.71. The summed E-state index contributed by atoms with van der Waals surface area (Å²) in [7, 11) is 0. The molecule has 0 saturated heterocycles. The Kier molecular flexibility index (Phi) is 5.29. The Morgan fingerprint density at radius 2 is 2.07 bits per heavy atom. The molecule has 1 aliphatic heterocycles. The Hall–Kier alpha value is -2.13. The molecule has 154 valence electrons. The van der Waals surface area contributed by atoms with Crippen LogP contribution in [0.2, 0.25) is 5.02 Å². The first-order valence-electron chi connectivity index (χ1n) is 9.35. The molecule has 1 aromatic heterocycles. The molecule has 2 N–H and O–H groups in total. The minimum atomic E-state index is -0.969. The third kappa shape index (κ3) is 3.85. The molecule has 7 nitrogen and oxygen atoms in total. The summed E-state index contributed by atoms with van der Waals surface area (Å²) >= 11 is 5.82. The van der Waals surface area contributed by atoms with Gasteiger partial charge in [-0.3, -0.25) is 4.79 Å². The van der Waals surface area contributed by atoms with Crippen molar-refractivity contribution in [3.05, 3.63) is 57.9 Å². The molecule has 29 heavy (non-hydrogen) atoms. The number of carbonyl (C=O) groups excluding carboxylic acids is 1. The standard InChI is InChI=1S/C20H21ClFN3O4/c1-11(27)12-4-14-17(15(22)5-12)19(29-10-20(9-26)2-3-20)25(18(14)28)8-16-23-6-13(21)7-24-16/h4-7,11,19,26-27H,2-3,8-10H2,1H3. The fraction of sp³-hybridized carbons (Fsp3) is 0.450. The number of rotatable bonds is 7. The molecule has 2 aromatic rings. The van der Waals surface area contributed by atoms with Crippen LogP contribution in [-0.4, -0.2) is 44.2 Å². The Morgan fingerprint density at radius 3 is 2.66 bits per heavy atom. The van der Waals surface area contributed by atoms with Crippen LogP contribution < -0.4 is 0 Å². The van der Waals surface area contributed by atoms with E-state index < -0.39 is 24.1 Å². The molecule has 1 aromatic carbocycles. The number of nitrogens with zero attached hydrogens (tertiary/aromatic N) is 3. The average molecular weight is 422 g/mol. The van der Waals surface area contributed by atoms with Gasteiger partial charge in [0.1, 0.15) is 11.6 Å². The molecule has 1 fully saturated rings. The highest BCUT2D eigenvalue weighted by Crippen LogP contribution is 2.47. The summed E-state index contributed by atoms with van der Waals surface area (Å²) in [4.78, 5) is 22.7. The smallest absolute Gasteiger partial charge is 0.257 e. The highest BCUT2D eigenvalue weighted by Gasteiger charge is 2.46. The first-order chi connectivity index (χ1) is 13.8. The quantitative estimate of drug-likeness (QED) is 0.713. The van der Waals surface area contributed by atoms with E-state index in [0.29, 0.717) is 16.4 Å². The van der Waals surface area contributed by atoms with E-state index in [1.807, 2.05) is 0 Å². The lowest BCUT2D eigenvalue weighted by Gasteiger charge is -2.26. The van der Waals surface area contributed by atoms with Crippen LogP contribution in [0.3, 0.4) is 0 Å². The highest BCUT2D eigenvalue weighted by molar-refractivity contribution is 6.30. The van der Waals surface area contributed by atoms with Crippen molar-refractivity contribution in [3.63, 3.8) is 0 Å². The third-order valence-corrected chi connectivity index (χ3v) is 5.68. The van der Waals surface area contributed by atoms with Crippen molar-refractivity contribution in [1.29, 1.82) is 0 Å². The summed E-state index contributed by atoms with van der Waals surface area (Å²) in [5, 5.41) is 19.8.